The van der Waals surface area contributed by atoms with Crippen LogP contribution < -0.4 is 19.3 Å². The predicted octanol–water partition coefficient (Wildman–Crippen LogP) is 4.48. The summed E-state index contributed by atoms with van der Waals surface area (Å²) in [5.74, 6) is 0.181. The van der Waals surface area contributed by atoms with Crippen LogP contribution in [0, 0.1) is 0 Å². The number of thiocarbonyl (C=S) groups is 1. The number of nitrogens with zero attached hydrogens (tertiary/aromatic N) is 2. The van der Waals surface area contributed by atoms with Crippen LogP contribution in [0.4, 0.5) is 11.4 Å². The zero-order valence-corrected chi connectivity index (χ0v) is 18.8. The van der Waals surface area contributed by atoms with Crippen molar-refractivity contribution in [1.29, 1.82) is 0 Å². The fraction of sp³-hybridized carbons (Fsp3) is 0.227. The highest BCUT2D eigenvalue weighted by Crippen LogP contribution is 2.37. The SMILES string of the molecule is CCOc1cc(/C=C2/SC(=S)N(c3ccc(N(C)C)cc3)C2=O)ccc1OC(C)=O. The molecule has 1 heterocycles. The molecule has 0 radical (unpaired) electrons. The summed E-state index contributed by atoms with van der Waals surface area (Å²) in [6.07, 6.45) is 1.76. The normalized spacial score (nSPS) is 14.9. The maximum Gasteiger partial charge on any atom is 0.308 e. The van der Waals surface area contributed by atoms with E-state index in [-0.39, 0.29) is 5.91 Å². The van der Waals surface area contributed by atoms with E-state index in [4.69, 9.17) is 21.7 Å². The summed E-state index contributed by atoms with van der Waals surface area (Å²) < 4.78 is 11.2. The number of benzene rings is 2. The molecule has 1 aliphatic heterocycles. The van der Waals surface area contributed by atoms with Gasteiger partial charge in [0.2, 0.25) is 0 Å². The molecule has 1 aliphatic rings. The average molecular weight is 443 g/mol. The molecule has 1 amide bonds. The number of ether oxygens (including phenoxy) is 2. The van der Waals surface area contributed by atoms with Crippen LogP contribution >= 0.6 is 24.0 Å². The molecule has 0 N–H and O–H groups in total. The first-order valence-corrected chi connectivity index (χ1v) is 10.5. The van der Waals surface area contributed by atoms with Gasteiger partial charge in [0.25, 0.3) is 5.91 Å². The van der Waals surface area contributed by atoms with E-state index in [9.17, 15) is 9.59 Å². The van der Waals surface area contributed by atoms with Gasteiger partial charge in [-0.15, -0.1) is 0 Å². The summed E-state index contributed by atoms with van der Waals surface area (Å²) in [5.41, 5.74) is 2.51. The largest absolute Gasteiger partial charge is 0.490 e. The van der Waals surface area contributed by atoms with Crippen molar-refractivity contribution < 1.29 is 19.1 Å². The Bertz CT molecular complexity index is 1020. The quantitative estimate of drug-likeness (QED) is 0.283. The molecule has 2 aromatic rings. The van der Waals surface area contributed by atoms with Crippen LogP contribution in [0.3, 0.4) is 0 Å². The zero-order valence-electron chi connectivity index (χ0n) is 17.2. The Kier molecular flexibility index (Phi) is 6.79. The third-order valence-corrected chi connectivity index (χ3v) is 5.54. The van der Waals surface area contributed by atoms with Gasteiger partial charge in [0.05, 0.1) is 17.2 Å². The molecule has 3 rings (SSSR count). The Labute approximate surface area is 185 Å². The Morgan fingerprint density at radius 3 is 2.47 bits per heavy atom. The summed E-state index contributed by atoms with van der Waals surface area (Å²) in [4.78, 5) is 28.3. The number of rotatable bonds is 6. The average Bonchev–Trinajstić information content (AvgIpc) is 2.97. The molecule has 0 spiro atoms. The second kappa shape index (κ2) is 9.32. The number of thioether (sulfide) groups is 1. The zero-order chi connectivity index (χ0) is 21.8. The van der Waals surface area contributed by atoms with Crippen molar-refractivity contribution in [3.05, 3.63) is 52.9 Å². The van der Waals surface area contributed by atoms with Crippen LogP contribution in [0.5, 0.6) is 11.5 Å². The fourth-order valence-electron chi connectivity index (χ4n) is 2.86. The van der Waals surface area contributed by atoms with E-state index < -0.39 is 5.97 Å². The molecule has 0 atom stereocenters. The Hall–Kier alpha value is -2.84. The first-order valence-electron chi connectivity index (χ1n) is 9.30. The molecule has 6 nitrogen and oxygen atoms in total. The molecular weight excluding hydrogens is 420 g/mol. The van der Waals surface area contributed by atoms with E-state index in [1.54, 1.807) is 24.3 Å². The van der Waals surface area contributed by atoms with E-state index in [0.717, 1.165) is 16.9 Å². The Morgan fingerprint density at radius 2 is 1.87 bits per heavy atom. The van der Waals surface area contributed by atoms with Crippen molar-refractivity contribution in [1.82, 2.24) is 0 Å². The maximum absolute atomic E-state index is 13.0. The summed E-state index contributed by atoms with van der Waals surface area (Å²) in [6, 6.07) is 12.8. The van der Waals surface area contributed by atoms with Gasteiger partial charge in [-0.05, 0) is 55.0 Å². The molecule has 0 unspecified atom stereocenters. The maximum atomic E-state index is 13.0. The Morgan fingerprint density at radius 1 is 1.17 bits per heavy atom. The third-order valence-electron chi connectivity index (χ3n) is 4.24. The molecule has 2 aromatic carbocycles. The van der Waals surface area contributed by atoms with Crippen LogP contribution in [0.15, 0.2) is 47.4 Å². The number of anilines is 2. The van der Waals surface area contributed by atoms with E-state index in [2.05, 4.69) is 0 Å². The van der Waals surface area contributed by atoms with E-state index in [1.165, 1.54) is 23.6 Å². The van der Waals surface area contributed by atoms with Crippen LogP contribution in [0.1, 0.15) is 19.4 Å². The van der Waals surface area contributed by atoms with Crippen molar-refractivity contribution in [2.75, 3.05) is 30.5 Å². The lowest BCUT2D eigenvalue weighted by Crippen LogP contribution is -2.27. The van der Waals surface area contributed by atoms with Gasteiger partial charge in [-0.25, -0.2) is 0 Å². The number of esters is 1. The summed E-state index contributed by atoms with van der Waals surface area (Å²) >= 11 is 6.70. The highest BCUT2D eigenvalue weighted by molar-refractivity contribution is 8.27. The molecule has 8 heteroatoms. The first-order chi connectivity index (χ1) is 14.3. The number of carbonyl (C=O) groups excluding carboxylic acids is 2. The Balaban J connectivity index is 1.87. The van der Waals surface area contributed by atoms with Crippen molar-refractivity contribution in [2.24, 2.45) is 0 Å². The van der Waals surface area contributed by atoms with Gasteiger partial charge in [0, 0.05) is 26.7 Å². The molecular formula is C22H22N2O4S2. The predicted molar refractivity (Wildman–Crippen MR) is 125 cm³/mol. The molecule has 1 fully saturated rings. The minimum Gasteiger partial charge on any atom is -0.490 e. The van der Waals surface area contributed by atoms with Gasteiger partial charge >= 0.3 is 5.97 Å². The van der Waals surface area contributed by atoms with Gasteiger partial charge in [-0.1, -0.05) is 30.0 Å². The highest BCUT2D eigenvalue weighted by Gasteiger charge is 2.33. The van der Waals surface area contributed by atoms with Crippen molar-refractivity contribution in [3.8, 4) is 11.5 Å². The van der Waals surface area contributed by atoms with Crippen molar-refractivity contribution in [3.63, 3.8) is 0 Å². The monoisotopic (exact) mass is 442 g/mol. The number of hydrogen-bond acceptors (Lipinski definition) is 7. The molecule has 0 bridgehead atoms. The van der Waals surface area contributed by atoms with Gasteiger partial charge in [-0.2, -0.15) is 0 Å². The first kappa shape index (κ1) is 21.9. The minimum atomic E-state index is -0.426. The number of carbonyl (C=O) groups is 2. The van der Waals surface area contributed by atoms with E-state index >= 15 is 0 Å². The van der Waals surface area contributed by atoms with Crippen LogP contribution in [-0.2, 0) is 9.59 Å². The molecule has 30 heavy (non-hydrogen) atoms. The molecule has 0 aliphatic carbocycles. The third kappa shape index (κ3) is 4.83. The summed E-state index contributed by atoms with van der Waals surface area (Å²) in [7, 11) is 3.92. The van der Waals surface area contributed by atoms with Gasteiger partial charge < -0.3 is 14.4 Å². The summed E-state index contributed by atoms with van der Waals surface area (Å²) in [5, 5.41) is 0. The molecule has 156 valence electrons. The number of hydrogen-bond donors (Lipinski definition) is 0. The van der Waals surface area contributed by atoms with Crippen molar-refractivity contribution >= 4 is 57.6 Å². The van der Waals surface area contributed by atoms with Crippen LogP contribution in [0.25, 0.3) is 6.08 Å². The lowest BCUT2D eigenvalue weighted by molar-refractivity contribution is -0.132. The summed E-state index contributed by atoms with van der Waals surface area (Å²) in [6.45, 7) is 3.60. The van der Waals surface area contributed by atoms with Crippen LogP contribution in [0.2, 0.25) is 0 Å². The topological polar surface area (TPSA) is 59.1 Å². The highest BCUT2D eigenvalue weighted by atomic mass is 32.2. The van der Waals surface area contributed by atoms with Gasteiger partial charge in [0.1, 0.15) is 0 Å². The minimum absolute atomic E-state index is 0.176. The van der Waals surface area contributed by atoms with Gasteiger partial charge in [0.15, 0.2) is 15.8 Å². The van der Waals surface area contributed by atoms with Crippen LogP contribution in [-0.4, -0.2) is 36.9 Å². The number of amides is 1. The standard InChI is InChI=1S/C22H22N2O4S2/c1-5-27-19-12-15(6-11-18(19)28-14(2)25)13-20-21(26)24(22(29)30-20)17-9-7-16(8-10-17)23(3)4/h6-13H,5H2,1-4H3/b20-13+. The van der Waals surface area contributed by atoms with Crippen molar-refractivity contribution in [2.45, 2.75) is 13.8 Å². The second-order valence-electron chi connectivity index (χ2n) is 6.66. The second-order valence-corrected chi connectivity index (χ2v) is 8.34. The molecule has 1 saturated heterocycles. The molecule has 0 aromatic heterocycles. The fourth-order valence-corrected chi connectivity index (χ4v) is 4.16. The molecule has 0 saturated carbocycles. The van der Waals surface area contributed by atoms with E-state index in [1.807, 2.05) is 50.2 Å². The smallest absolute Gasteiger partial charge is 0.308 e. The lowest BCUT2D eigenvalue weighted by Gasteiger charge is -2.17. The lowest BCUT2D eigenvalue weighted by atomic mass is 10.1. The van der Waals surface area contributed by atoms with E-state index in [0.29, 0.717) is 27.3 Å². The van der Waals surface area contributed by atoms with Gasteiger partial charge in [-0.3, -0.25) is 14.5 Å².